The van der Waals surface area contributed by atoms with Crippen molar-refractivity contribution >= 4 is 18.5 Å². The van der Waals surface area contributed by atoms with Gasteiger partial charge in [-0.15, -0.1) is 0 Å². The number of esters is 1. The van der Waals surface area contributed by atoms with E-state index in [2.05, 4.69) is 0 Å². The number of carbonyl (C=O) groups is 3. The van der Waals surface area contributed by atoms with Crippen LogP contribution in [0.25, 0.3) is 0 Å². The fraction of sp³-hybridized carbons (Fsp3) is 0.842. The Hall–Kier alpha value is -1.27. The lowest BCUT2D eigenvalue weighted by Gasteiger charge is -2.43. The molecule has 2 heterocycles. The van der Waals surface area contributed by atoms with Crippen molar-refractivity contribution in [3.8, 4) is 0 Å². The quantitative estimate of drug-likeness (QED) is 0.572. The molecule has 25 heavy (non-hydrogen) atoms. The smallest absolute Gasteiger partial charge is 0.313 e. The Morgan fingerprint density at radius 1 is 1.00 bits per heavy atom. The number of carbonyl (C=O) groups excluding carboxylic acids is 3. The van der Waals surface area contributed by atoms with Gasteiger partial charge < -0.3 is 23.8 Å². The van der Waals surface area contributed by atoms with E-state index < -0.39 is 17.1 Å². The summed E-state index contributed by atoms with van der Waals surface area (Å²) in [6.45, 7) is 0.680. The van der Waals surface area contributed by atoms with Crippen molar-refractivity contribution in [3.05, 3.63) is 0 Å². The van der Waals surface area contributed by atoms with E-state index in [9.17, 15) is 14.4 Å². The van der Waals surface area contributed by atoms with Gasteiger partial charge in [-0.2, -0.15) is 0 Å². The van der Waals surface area contributed by atoms with Crippen molar-refractivity contribution < 1.29 is 28.6 Å². The summed E-state index contributed by atoms with van der Waals surface area (Å²) in [5.74, 6) is -1.69. The number of hydrogen-bond donors (Lipinski definition) is 0. The van der Waals surface area contributed by atoms with E-state index in [4.69, 9.17) is 14.2 Å². The molecule has 2 aliphatic heterocycles. The van der Waals surface area contributed by atoms with Crippen LogP contribution < -0.4 is 0 Å². The normalized spacial score (nSPS) is 43.3. The highest BCUT2D eigenvalue weighted by molar-refractivity contribution is 5.84. The zero-order chi connectivity index (χ0) is 17.5. The number of rotatable bonds is 3. The summed E-state index contributed by atoms with van der Waals surface area (Å²) in [5, 5.41) is 0. The van der Waals surface area contributed by atoms with Gasteiger partial charge in [0.2, 0.25) is 0 Å². The molecule has 0 aromatic carbocycles. The Morgan fingerprint density at radius 3 is 2.52 bits per heavy atom. The highest BCUT2D eigenvalue weighted by atomic mass is 16.7. The second-order valence-corrected chi connectivity index (χ2v) is 8.10. The molecule has 0 amide bonds. The lowest BCUT2D eigenvalue weighted by molar-refractivity contribution is -0.197. The second-order valence-electron chi connectivity index (χ2n) is 8.10. The Labute approximate surface area is 147 Å². The van der Waals surface area contributed by atoms with E-state index in [1.165, 1.54) is 6.42 Å². The summed E-state index contributed by atoms with van der Waals surface area (Å²) < 4.78 is 17.8. The van der Waals surface area contributed by atoms with Crippen LogP contribution in [0.15, 0.2) is 0 Å². The van der Waals surface area contributed by atoms with Crippen LogP contribution in [0.1, 0.15) is 51.4 Å². The molecule has 0 N–H and O–H groups in total. The van der Waals surface area contributed by atoms with Gasteiger partial charge in [0.1, 0.15) is 12.6 Å². The van der Waals surface area contributed by atoms with E-state index in [0.29, 0.717) is 25.9 Å². The van der Waals surface area contributed by atoms with E-state index >= 15 is 0 Å². The van der Waals surface area contributed by atoms with Crippen LogP contribution in [0.5, 0.6) is 0 Å². The lowest BCUT2D eigenvalue weighted by atomic mass is 9.57. The molecule has 138 valence electrons. The molecule has 2 spiro atoms. The molecule has 2 saturated heterocycles. The largest absolute Gasteiger partial charge is 0.465 e. The van der Waals surface area contributed by atoms with Crippen LogP contribution in [0.2, 0.25) is 0 Å². The molecular weight excluding hydrogens is 324 g/mol. The van der Waals surface area contributed by atoms with Crippen molar-refractivity contribution in [1.29, 1.82) is 0 Å². The molecule has 4 rings (SSSR count). The highest BCUT2D eigenvalue weighted by Crippen LogP contribution is 2.55. The van der Waals surface area contributed by atoms with Gasteiger partial charge in [-0.05, 0) is 32.1 Å². The van der Waals surface area contributed by atoms with Crippen molar-refractivity contribution in [2.75, 3.05) is 13.2 Å². The first kappa shape index (κ1) is 17.2. The van der Waals surface area contributed by atoms with Crippen molar-refractivity contribution in [1.82, 2.24) is 0 Å². The molecule has 0 bridgehead atoms. The molecule has 6 nitrogen and oxygen atoms in total. The predicted molar refractivity (Wildman–Crippen MR) is 86.5 cm³/mol. The minimum Gasteiger partial charge on any atom is -0.465 e. The lowest BCUT2D eigenvalue weighted by Crippen LogP contribution is -2.50. The van der Waals surface area contributed by atoms with E-state index in [1.807, 2.05) is 0 Å². The Balaban J connectivity index is 1.61. The molecule has 4 fully saturated rings. The molecule has 4 aliphatic rings. The Kier molecular flexibility index (Phi) is 4.44. The minimum atomic E-state index is -0.931. The van der Waals surface area contributed by atoms with Gasteiger partial charge in [0, 0.05) is 30.6 Å². The number of ether oxygens (including phenoxy) is 3. The maximum atomic E-state index is 12.7. The monoisotopic (exact) mass is 350 g/mol. The zero-order valence-electron chi connectivity index (χ0n) is 14.5. The molecule has 0 aromatic heterocycles. The minimum absolute atomic E-state index is 0.199. The number of cyclic esters (lactones) is 1. The molecular formula is C19H26O6. The Bertz CT molecular complexity index is 554. The SMILES string of the molecule is O=C[C@H]1CC[C@@H](C=O)[C@@]2(C1)C(=O)OC[C@@H]2[C@@H]1COC2(CCCCC2)O1. The van der Waals surface area contributed by atoms with Crippen LogP contribution in [-0.4, -0.2) is 43.6 Å². The molecule has 2 saturated carbocycles. The van der Waals surface area contributed by atoms with Gasteiger partial charge in [-0.3, -0.25) is 4.79 Å². The maximum absolute atomic E-state index is 12.7. The van der Waals surface area contributed by atoms with Crippen molar-refractivity contribution in [2.45, 2.75) is 63.3 Å². The standard InChI is InChI=1S/C19H26O6/c20-9-13-4-5-14(10-21)19(8-13)15(11-23-17(19)22)16-12-24-18(25-16)6-2-1-3-7-18/h9-10,13-16H,1-8,11-12H2/t13-,14-,15+,16-,19+/m0/s1. The van der Waals surface area contributed by atoms with E-state index in [0.717, 1.165) is 38.3 Å². The molecule has 2 aliphatic carbocycles. The predicted octanol–water partition coefficient (Wildman–Crippen LogP) is 2.04. The first-order valence-corrected chi connectivity index (χ1v) is 9.53. The molecule has 5 atom stereocenters. The van der Waals surface area contributed by atoms with E-state index in [1.54, 1.807) is 0 Å². The van der Waals surface area contributed by atoms with Gasteiger partial charge in [-0.25, -0.2) is 0 Å². The summed E-state index contributed by atoms with van der Waals surface area (Å²) in [4.78, 5) is 35.8. The van der Waals surface area contributed by atoms with Crippen LogP contribution in [0, 0.1) is 23.2 Å². The van der Waals surface area contributed by atoms with Crippen LogP contribution in [0.3, 0.4) is 0 Å². The van der Waals surface area contributed by atoms with Crippen LogP contribution >= 0.6 is 0 Å². The molecule has 0 aromatic rings. The fourth-order valence-corrected chi connectivity index (χ4v) is 5.47. The first-order chi connectivity index (χ1) is 12.1. The van der Waals surface area contributed by atoms with Gasteiger partial charge in [0.05, 0.1) is 24.7 Å². The van der Waals surface area contributed by atoms with Gasteiger partial charge in [0.15, 0.2) is 5.79 Å². The molecule has 0 unspecified atom stereocenters. The first-order valence-electron chi connectivity index (χ1n) is 9.53. The average Bonchev–Trinajstić information content (AvgIpc) is 3.18. The average molecular weight is 350 g/mol. The fourth-order valence-electron chi connectivity index (χ4n) is 5.47. The van der Waals surface area contributed by atoms with Crippen molar-refractivity contribution in [2.24, 2.45) is 23.2 Å². The Morgan fingerprint density at radius 2 is 1.80 bits per heavy atom. The third-order valence-electron chi connectivity index (χ3n) is 6.84. The van der Waals surface area contributed by atoms with E-state index in [-0.39, 0.29) is 30.5 Å². The van der Waals surface area contributed by atoms with Gasteiger partial charge in [0.25, 0.3) is 0 Å². The van der Waals surface area contributed by atoms with Gasteiger partial charge in [-0.1, -0.05) is 6.42 Å². The van der Waals surface area contributed by atoms with Crippen LogP contribution in [-0.2, 0) is 28.6 Å². The zero-order valence-corrected chi connectivity index (χ0v) is 14.5. The maximum Gasteiger partial charge on any atom is 0.313 e. The summed E-state index contributed by atoms with van der Waals surface area (Å²) in [7, 11) is 0. The summed E-state index contributed by atoms with van der Waals surface area (Å²) in [5.41, 5.74) is -0.931. The third-order valence-corrected chi connectivity index (χ3v) is 6.84. The topological polar surface area (TPSA) is 78.9 Å². The number of aldehydes is 2. The third kappa shape index (κ3) is 2.65. The molecule has 6 heteroatoms. The van der Waals surface area contributed by atoms with Gasteiger partial charge >= 0.3 is 5.97 Å². The second kappa shape index (κ2) is 6.47. The van der Waals surface area contributed by atoms with Crippen LogP contribution in [0.4, 0.5) is 0 Å². The highest BCUT2D eigenvalue weighted by Gasteiger charge is 2.63. The summed E-state index contributed by atoms with van der Waals surface area (Å²) in [6, 6.07) is 0. The summed E-state index contributed by atoms with van der Waals surface area (Å²) >= 11 is 0. The van der Waals surface area contributed by atoms with Crippen molar-refractivity contribution in [3.63, 3.8) is 0 Å². The molecule has 0 radical (unpaired) electrons. The summed E-state index contributed by atoms with van der Waals surface area (Å²) in [6.07, 6.45) is 8.27. The number of hydrogen-bond acceptors (Lipinski definition) is 6.